The molecule has 0 unspecified atom stereocenters. The third-order valence-electron chi connectivity index (χ3n) is 3.15. The number of pyridine rings is 1. The van der Waals surface area contributed by atoms with Crippen LogP contribution in [0, 0.1) is 6.92 Å². The van der Waals surface area contributed by atoms with E-state index in [4.69, 9.17) is 15.2 Å². The maximum atomic E-state index is 5.75. The number of benzene rings is 1. The van der Waals surface area contributed by atoms with Crippen molar-refractivity contribution in [2.45, 2.75) is 26.8 Å². The maximum Gasteiger partial charge on any atom is 0.140 e. The van der Waals surface area contributed by atoms with Crippen molar-refractivity contribution < 1.29 is 9.47 Å². The van der Waals surface area contributed by atoms with Crippen LogP contribution in [-0.2, 0) is 13.0 Å². The first kappa shape index (κ1) is 15.3. The van der Waals surface area contributed by atoms with Gasteiger partial charge in [-0.15, -0.1) is 0 Å². The van der Waals surface area contributed by atoms with Gasteiger partial charge in [-0.2, -0.15) is 0 Å². The first-order valence-electron chi connectivity index (χ1n) is 7.24. The van der Waals surface area contributed by atoms with Gasteiger partial charge in [0.15, 0.2) is 0 Å². The lowest BCUT2D eigenvalue weighted by atomic mass is 10.2. The Bertz CT molecular complexity index is 585. The fourth-order valence-electron chi connectivity index (χ4n) is 2.06. The van der Waals surface area contributed by atoms with Crippen LogP contribution in [0.5, 0.6) is 11.5 Å². The fourth-order valence-corrected chi connectivity index (χ4v) is 2.06. The highest BCUT2D eigenvalue weighted by Gasteiger charge is 2.04. The smallest absolute Gasteiger partial charge is 0.140 e. The molecule has 4 nitrogen and oxygen atoms in total. The van der Waals surface area contributed by atoms with Crippen molar-refractivity contribution in [2.75, 3.05) is 13.2 Å². The zero-order valence-corrected chi connectivity index (χ0v) is 12.6. The summed E-state index contributed by atoms with van der Waals surface area (Å²) in [4.78, 5) is 4.47. The van der Waals surface area contributed by atoms with Gasteiger partial charge in [0.25, 0.3) is 0 Å². The van der Waals surface area contributed by atoms with E-state index in [2.05, 4.69) is 11.9 Å². The van der Waals surface area contributed by atoms with Crippen LogP contribution in [0.4, 0.5) is 0 Å². The number of aromatic nitrogens is 1. The lowest BCUT2D eigenvalue weighted by molar-refractivity contribution is 0.215. The number of hydrogen-bond acceptors (Lipinski definition) is 4. The Morgan fingerprint density at radius 3 is 2.67 bits per heavy atom. The van der Waals surface area contributed by atoms with Gasteiger partial charge in [0.05, 0.1) is 5.69 Å². The normalized spacial score (nSPS) is 10.4. The number of nitrogens with zero attached hydrogens (tertiary/aromatic N) is 1. The average molecular weight is 286 g/mol. The van der Waals surface area contributed by atoms with Crippen molar-refractivity contribution in [2.24, 2.45) is 5.73 Å². The monoisotopic (exact) mass is 286 g/mol. The summed E-state index contributed by atoms with van der Waals surface area (Å²) in [6, 6.07) is 11.7. The zero-order chi connectivity index (χ0) is 15.1. The quantitative estimate of drug-likeness (QED) is 0.795. The van der Waals surface area contributed by atoms with E-state index in [9.17, 15) is 0 Å². The van der Waals surface area contributed by atoms with E-state index in [1.807, 2.05) is 43.3 Å². The van der Waals surface area contributed by atoms with E-state index < -0.39 is 0 Å². The largest absolute Gasteiger partial charge is 0.490 e. The Morgan fingerprint density at radius 2 is 1.90 bits per heavy atom. The number of aryl methyl sites for hydroxylation is 2. The predicted octanol–water partition coefficient (Wildman–Crippen LogP) is 2.87. The summed E-state index contributed by atoms with van der Waals surface area (Å²) in [6.07, 6.45) is 0.858. The minimum atomic E-state index is 0.491. The maximum absolute atomic E-state index is 5.75. The van der Waals surface area contributed by atoms with Gasteiger partial charge in [0.2, 0.25) is 0 Å². The average Bonchev–Trinajstić information content (AvgIpc) is 2.52. The van der Waals surface area contributed by atoms with Crippen LogP contribution < -0.4 is 15.2 Å². The third-order valence-corrected chi connectivity index (χ3v) is 3.15. The molecule has 0 saturated carbocycles. The molecule has 0 saturated heterocycles. The Kier molecular flexibility index (Phi) is 5.58. The summed E-state index contributed by atoms with van der Waals surface area (Å²) in [7, 11) is 0. The standard InChI is InChI=1S/C17H22N2O2/c1-3-16-17(8-7-13(2)19-16)21-10-9-20-15-6-4-5-14(11-15)12-18/h4-8,11H,3,9-10,12,18H2,1-2H3. The zero-order valence-electron chi connectivity index (χ0n) is 12.6. The molecule has 112 valence electrons. The molecule has 0 aliphatic carbocycles. The molecule has 21 heavy (non-hydrogen) atoms. The van der Waals surface area contributed by atoms with Crippen molar-refractivity contribution in [3.63, 3.8) is 0 Å². The number of rotatable bonds is 7. The minimum absolute atomic E-state index is 0.491. The molecule has 0 fully saturated rings. The van der Waals surface area contributed by atoms with Crippen LogP contribution in [0.25, 0.3) is 0 Å². The highest BCUT2D eigenvalue weighted by molar-refractivity contribution is 5.29. The van der Waals surface area contributed by atoms with Crippen LogP contribution in [0.3, 0.4) is 0 Å². The third kappa shape index (κ3) is 4.46. The van der Waals surface area contributed by atoms with Crippen LogP contribution >= 0.6 is 0 Å². The summed E-state index contributed by atoms with van der Waals surface area (Å²) in [5, 5.41) is 0. The summed E-state index contributed by atoms with van der Waals surface area (Å²) >= 11 is 0. The highest BCUT2D eigenvalue weighted by atomic mass is 16.5. The number of hydrogen-bond donors (Lipinski definition) is 1. The molecular formula is C17H22N2O2. The molecule has 0 bridgehead atoms. The molecule has 4 heteroatoms. The Hall–Kier alpha value is -2.07. The van der Waals surface area contributed by atoms with E-state index in [1.54, 1.807) is 0 Å². The molecule has 0 radical (unpaired) electrons. The minimum Gasteiger partial charge on any atom is -0.490 e. The first-order valence-corrected chi connectivity index (χ1v) is 7.24. The Balaban J connectivity index is 1.84. The molecule has 2 N–H and O–H groups in total. The van der Waals surface area contributed by atoms with Crippen molar-refractivity contribution >= 4 is 0 Å². The second-order valence-electron chi connectivity index (χ2n) is 4.80. The molecule has 1 aromatic heterocycles. The lowest BCUT2D eigenvalue weighted by Crippen LogP contribution is -2.10. The fraction of sp³-hybridized carbons (Fsp3) is 0.353. The van der Waals surface area contributed by atoms with E-state index in [-0.39, 0.29) is 0 Å². The summed E-state index contributed by atoms with van der Waals surface area (Å²) < 4.78 is 11.4. The van der Waals surface area contributed by atoms with Crippen molar-refractivity contribution in [1.29, 1.82) is 0 Å². The van der Waals surface area contributed by atoms with Gasteiger partial charge in [-0.25, -0.2) is 0 Å². The van der Waals surface area contributed by atoms with E-state index in [0.29, 0.717) is 19.8 Å². The molecule has 2 rings (SSSR count). The second-order valence-corrected chi connectivity index (χ2v) is 4.80. The van der Waals surface area contributed by atoms with Crippen molar-refractivity contribution in [1.82, 2.24) is 4.98 Å². The first-order chi connectivity index (χ1) is 10.2. The Morgan fingerprint density at radius 1 is 1.10 bits per heavy atom. The number of ether oxygens (including phenoxy) is 2. The molecular weight excluding hydrogens is 264 g/mol. The van der Waals surface area contributed by atoms with Crippen molar-refractivity contribution in [3.8, 4) is 11.5 Å². The molecule has 0 aliphatic heterocycles. The van der Waals surface area contributed by atoms with Crippen molar-refractivity contribution in [3.05, 3.63) is 53.3 Å². The molecule has 0 aliphatic rings. The molecule has 2 aromatic rings. The van der Waals surface area contributed by atoms with Gasteiger partial charge < -0.3 is 15.2 Å². The van der Waals surface area contributed by atoms with Crippen LogP contribution in [-0.4, -0.2) is 18.2 Å². The second kappa shape index (κ2) is 7.64. The predicted molar refractivity (Wildman–Crippen MR) is 83.7 cm³/mol. The van der Waals surface area contributed by atoms with Gasteiger partial charge >= 0.3 is 0 Å². The lowest BCUT2D eigenvalue weighted by Gasteiger charge is -2.11. The van der Waals surface area contributed by atoms with Gasteiger partial charge in [0, 0.05) is 12.2 Å². The summed E-state index contributed by atoms with van der Waals surface area (Å²) in [5.74, 6) is 1.65. The molecule has 1 aromatic carbocycles. The summed E-state index contributed by atoms with van der Waals surface area (Å²) in [5.41, 5.74) is 8.66. The summed E-state index contributed by atoms with van der Waals surface area (Å²) in [6.45, 7) is 5.55. The molecule has 0 atom stereocenters. The molecule has 0 amide bonds. The topological polar surface area (TPSA) is 57.4 Å². The molecule has 1 heterocycles. The molecule has 0 spiro atoms. The van der Waals surface area contributed by atoms with Gasteiger partial charge in [0.1, 0.15) is 24.7 Å². The van der Waals surface area contributed by atoms with E-state index >= 15 is 0 Å². The van der Waals surface area contributed by atoms with Crippen LogP contribution in [0.2, 0.25) is 0 Å². The van der Waals surface area contributed by atoms with Crippen LogP contribution in [0.15, 0.2) is 36.4 Å². The Labute approximate surface area is 125 Å². The van der Waals surface area contributed by atoms with Gasteiger partial charge in [-0.05, 0) is 43.2 Å². The van der Waals surface area contributed by atoms with Gasteiger partial charge in [-0.3, -0.25) is 4.98 Å². The number of nitrogens with two attached hydrogens (primary N) is 1. The highest BCUT2D eigenvalue weighted by Crippen LogP contribution is 2.17. The van der Waals surface area contributed by atoms with Crippen LogP contribution in [0.1, 0.15) is 23.9 Å². The van der Waals surface area contributed by atoms with E-state index in [1.165, 1.54) is 0 Å². The van der Waals surface area contributed by atoms with E-state index in [0.717, 1.165) is 34.9 Å². The van der Waals surface area contributed by atoms with Gasteiger partial charge in [-0.1, -0.05) is 19.1 Å². The SMILES string of the molecule is CCc1nc(C)ccc1OCCOc1cccc(CN)c1.